The van der Waals surface area contributed by atoms with Crippen molar-refractivity contribution >= 4 is 6.29 Å². The van der Waals surface area contributed by atoms with E-state index in [-0.39, 0.29) is 6.42 Å². The maximum absolute atomic E-state index is 9.65. The van der Waals surface area contributed by atoms with Gasteiger partial charge in [-0.1, -0.05) is 0 Å². The molecule has 8 heavy (non-hydrogen) atoms. The third kappa shape index (κ3) is 0.730. The highest BCUT2D eigenvalue weighted by atomic mass is 16.8. The van der Waals surface area contributed by atoms with Crippen LogP contribution in [0.5, 0.6) is 0 Å². The van der Waals surface area contributed by atoms with Crippen molar-refractivity contribution in [2.24, 2.45) is 0 Å². The monoisotopic (exact) mass is 118 g/mol. The number of carbonyl (C=O) groups is 1. The summed E-state index contributed by atoms with van der Waals surface area (Å²) in [5.41, 5.74) is 0. The molecule has 4 nitrogen and oxygen atoms in total. The summed E-state index contributed by atoms with van der Waals surface area (Å²) in [6, 6.07) is 0. The van der Waals surface area contributed by atoms with Gasteiger partial charge in [0.25, 0.3) is 0 Å². The Morgan fingerprint density at radius 2 is 2.38 bits per heavy atom. The summed E-state index contributed by atoms with van der Waals surface area (Å²) in [6.45, 7) is 0. The molecule has 0 aliphatic carbocycles. The number of carbonyl (C=O) groups excluding carboxylic acids is 1. The molecule has 2 atom stereocenters. The van der Waals surface area contributed by atoms with E-state index in [1.165, 1.54) is 0 Å². The van der Waals surface area contributed by atoms with Gasteiger partial charge in [-0.25, -0.2) is 0 Å². The first-order chi connectivity index (χ1) is 3.69. The van der Waals surface area contributed by atoms with Gasteiger partial charge in [-0.15, -0.1) is 0 Å². The lowest BCUT2D eigenvalue weighted by atomic mass is 10.3. The Morgan fingerprint density at radius 1 is 1.88 bits per heavy atom. The van der Waals surface area contributed by atoms with Crippen molar-refractivity contribution in [3.05, 3.63) is 0 Å². The Morgan fingerprint density at radius 3 is 2.50 bits per heavy atom. The zero-order valence-corrected chi connectivity index (χ0v) is 4.07. The molecule has 1 aliphatic rings. The number of aliphatic hydroxyl groups excluding tert-OH is 1. The first kappa shape index (κ1) is 5.68. The molecule has 0 aromatic rings. The zero-order chi connectivity index (χ0) is 6.20. The smallest absolute Gasteiger partial charge is 0.227 e. The highest BCUT2D eigenvalue weighted by Gasteiger charge is 2.54. The Hall–Kier alpha value is -0.450. The number of aldehydes is 1. The fraction of sp³-hybridized carbons (Fsp3) is 0.750. The summed E-state index contributed by atoms with van der Waals surface area (Å²) in [5, 5.41) is 17.1. The average Bonchev–Trinajstić information content (AvgIpc) is 2.16. The molecule has 0 spiro atoms. The van der Waals surface area contributed by atoms with E-state index in [1.54, 1.807) is 0 Å². The third-order valence-corrected chi connectivity index (χ3v) is 1.02. The summed E-state index contributed by atoms with van der Waals surface area (Å²) < 4.78 is 4.22. The minimum atomic E-state index is -1.55. The number of ether oxygens (including phenoxy) is 1. The molecule has 1 rings (SSSR count). The van der Waals surface area contributed by atoms with Gasteiger partial charge >= 0.3 is 0 Å². The van der Waals surface area contributed by atoms with Gasteiger partial charge in [0.1, 0.15) is 6.29 Å². The average molecular weight is 118 g/mol. The minimum absolute atomic E-state index is 0.159. The van der Waals surface area contributed by atoms with E-state index in [2.05, 4.69) is 4.74 Å². The topological polar surface area (TPSA) is 70.1 Å². The lowest BCUT2D eigenvalue weighted by molar-refractivity contribution is -0.112. The zero-order valence-electron chi connectivity index (χ0n) is 4.07. The van der Waals surface area contributed by atoms with Crippen molar-refractivity contribution in [1.82, 2.24) is 0 Å². The second-order valence-corrected chi connectivity index (χ2v) is 1.69. The van der Waals surface area contributed by atoms with Crippen molar-refractivity contribution in [1.29, 1.82) is 0 Å². The number of rotatable bonds is 2. The number of epoxide rings is 1. The van der Waals surface area contributed by atoms with E-state index in [9.17, 15) is 4.79 Å². The number of hydrogen-bond donors (Lipinski definition) is 2. The van der Waals surface area contributed by atoms with Crippen molar-refractivity contribution in [2.75, 3.05) is 0 Å². The molecule has 1 saturated heterocycles. The van der Waals surface area contributed by atoms with Crippen molar-refractivity contribution in [2.45, 2.75) is 18.5 Å². The molecule has 0 bridgehead atoms. The maximum Gasteiger partial charge on any atom is 0.227 e. The van der Waals surface area contributed by atoms with Crippen molar-refractivity contribution < 1.29 is 19.7 Å². The standard InChI is InChI=1S/C4H6O4/c5-2-1-4(7)3(6)8-4/h2-3,6-7H,1H2. The van der Waals surface area contributed by atoms with Crippen LogP contribution in [0.25, 0.3) is 0 Å². The molecule has 0 aromatic carbocycles. The maximum atomic E-state index is 9.65. The van der Waals surface area contributed by atoms with Gasteiger partial charge in [0, 0.05) is 0 Å². The van der Waals surface area contributed by atoms with Crippen LogP contribution >= 0.6 is 0 Å². The molecule has 1 fully saturated rings. The van der Waals surface area contributed by atoms with E-state index in [4.69, 9.17) is 10.2 Å². The van der Waals surface area contributed by atoms with Gasteiger partial charge in [-0.2, -0.15) is 0 Å². The largest absolute Gasteiger partial charge is 0.364 e. The Balaban J connectivity index is 2.35. The Labute approximate surface area is 45.7 Å². The van der Waals surface area contributed by atoms with Crippen LogP contribution in [0.4, 0.5) is 0 Å². The molecule has 0 amide bonds. The molecular formula is C4H6O4. The van der Waals surface area contributed by atoms with Gasteiger partial charge < -0.3 is 19.7 Å². The molecule has 0 aromatic heterocycles. The van der Waals surface area contributed by atoms with E-state index in [1.807, 2.05) is 0 Å². The van der Waals surface area contributed by atoms with Crippen LogP contribution in [-0.4, -0.2) is 28.6 Å². The third-order valence-electron chi connectivity index (χ3n) is 1.02. The summed E-state index contributed by atoms with van der Waals surface area (Å²) in [6.07, 6.45) is -0.822. The van der Waals surface area contributed by atoms with E-state index in [0.29, 0.717) is 6.29 Å². The second kappa shape index (κ2) is 1.51. The van der Waals surface area contributed by atoms with Gasteiger partial charge in [-0.05, 0) is 0 Å². The molecule has 1 heterocycles. The van der Waals surface area contributed by atoms with Gasteiger partial charge in [-0.3, -0.25) is 0 Å². The first-order valence-corrected chi connectivity index (χ1v) is 2.21. The van der Waals surface area contributed by atoms with E-state index in [0.717, 1.165) is 0 Å². The Bertz CT molecular complexity index is 113. The highest BCUT2D eigenvalue weighted by molar-refractivity contribution is 5.51. The van der Waals surface area contributed by atoms with Crippen LogP contribution in [0.1, 0.15) is 6.42 Å². The molecular weight excluding hydrogens is 112 g/mol. The van der Waals surface area contributed by atoms with Crippen LogP contribution in [0.2, 0.25) is 0 Å². The fourth-order valence-corrected chi connectivity index (χ4v) is 0.428. The molecule has 1 aliphatic heterocycles. The second-order valence-electron chi connectivity index (χ2n) is 1.69. The fourth-order valence-electron chi connectivity index (χ4n) is 0.428. The molecule has 2 unspecified atom stereocenters. The molecule has 0 saturated carbocycles. The minimum Gasteiger partial charge on any atom is -0.364 e. The molecule has 0 radical (unpaired) electrons. The summed E-state index contributed by atoms with van der Waals surface area (Å²) in [5.74, 6) is -1.55. The molecule has 4 heteroatoms. The van der Waals surface area contributed by atoms with Crippen LogP contribution in [-0.2, 0) is 9.53 Å². The number of hydrogen-bond acceptors (Lipinski definition) is 4. The summed E-state index contributed by atoms with van der Waals surface area (Å²) in [4.78, 5) is 9.65. The summed E-state index contributed by atoms with van der Waals surface area (Å²) >= 11 is 0. The van der Waals surface area contributed by atoms with E-state index < -0.39 is 12.1 Å². The molecule has 2 N–H and O–H groups in total. The van der Waals surface area contributed by atoms with Gasteiger partial charge in [0.05, 0.1) is 6.42 Å². The van der Waals surface area contributed by atoms with Crippen molar-refractivity contribution in [3.8, 4) is 0 Å². The van der Waals surface area contributed by atoms with Crippen LogP contribution in [0.15, 0.2) is 0 Å². The Kier molecular flexibility index (Phi) is 1.07. The van der Waals surface area contributed by atoms with Gasteiger partial charge in [0.2, 0.25) is 12.1 Å². The normalized spacial score (nSPS) is 44.0. The lowest BCUT2D eigenvalue weighted by Crippen LogP contribution is -2.13. The van der Waals surface area contributed by atoms with Gasteiger partial charge in [0.15, 0.2) is 0 Å². The first-order valence-electron chi connectivity index (χ1n) is 2.21. The number of aliphatic hydroxyl groups is 2. The highest BCUT2D eigenvalue weighted by Crippen LogP contribution is 2.33. The van der Waals surface area contributed by atoms with Crippen molar-refractivity contribution in [3.63, 3.8) is 0 Å². The lowest BCUT2D eigenvalue weighted by Gasteiger charge is -1.92. The molecule has 46 valence electrons. The van der Waals surface area contributed by atoms with Crippen LogP contribution in [0, 0.1) is 0 Å². The predicted molar refractivity (Wildman–Crippen MR) is 22.7 cm³/mol. The SMILES string of the molecule is O=CCC1(O)OC1O. The van der Waals surface area contributed by atoms with Crippen LogP contribution < -0.4 is 0 Å². The quantitative estimate of drug-likeness (QED) is 0.346. The predicted octanol–water partition coefficient (Wildman–Crippen LogP) is -1.39. The van der Waals surface area contributed by atoms with E-state index >= 15 is 0 Å². The van der Waals surface area contributed by atoms with Crippen LogP contribution in [0.3, 0.4) is 0 Å². The summed E-state index contributed by atoms with van der Waals surface area (Å²) in [7, 11) is 0.